The predicted octanol–water partition coefficient (Wildman–Crippen LogP) is 0.749. The van der Waals surface area contributed by atoms with Crippen LogP contribution in [0.1, 0.15) is 22.5 Å². The lowest BCUT2D eigenvalue weighted by molar-refractivity contribution is 0.0919. The highest BCUT2D eigenvalue weighted by Crippen LogP contribution is 2.27. The largest absolute Gasteiger partial charge is 0.346 e. The fourth-order valence-electron chi connectivity index (χ4n) is 3.44. The second-order valence-electron chi connectivity index (χ2n) is 5.83. The predicted molar refractivity (Wildman–Crippen MR) is 78.9 cm³/mol. The van der Waals surface area contributed by atoms with Crippen molar-refractivity contribution < 1.29 is 4.79 Å². The number of terminal acetylenes is 1. The third-order valence-corrected chi connectivity index (χ3v) is 4.59. The summed E-state index contributed by atoms with van der Waals surface area (Å²) < 4.78 is 1.83. The van der Waals surface area contributed by atoms with Crippen molar-refractivity contribution in [3.8, 4) is 12.3 Å². The summed E-state index contributed by atoms with van der Waals surface area (Å²) in [6, 6.07) is 3.86. The van der Waals surface area contributed by atoms with Crippen LogP contribution in [0.15, 0.2) is 24.7 Å². The Labute approximate surface area is 123 Å². The van der Waals surface area contributed by atoms with E-state index in [1.165, 1.54) is 6.42 Å². The van der Waals surface area contributed by atoms with Gasteiger partial charge in [0, 0.05) is 30.9 Å². The summed E-state index contributed by atoms with van der Waals surface area (Å²) in [6.45, 7) is 3.23. The molecule has 2 bridgehead atoms. The molecule has 2 aromatic rings. The van der Waals surface area contributed by atoms with Gasteiger partial charge in [0.05, 0.1) is 5.52 Å². The first-order chi connectivity index (χ1) is 10.2. The fourth-order valence-corrected chi connectivity index (χ4v) is 3.44. The Morgan fingerprint density at radius 2 is 2.38 bits per heavy atom. The molecule has 0 saturated carbocycles. The second-order valence-corrected chi connectivity index (χ2v) is 5.83. The topological polar surface area (TPSA) is 49.6 Å². The molecule has 0 spiro atoms. The van der Waals surface area contributed by atoms with Gasteiger partial charge in [-0.05, 0) is 31.0 Å². The SMILES string of the molecule is C#Cc1ccn2cnc(C(=O)NC3CN4CC[C@H]3C4)cc12. The van der Waals surface area contributed by atoms with Crippen LogP contribution in [-0.4, -0.2) is 45.9 Å². The van der Waals surface area contributed by atoms with Crippen molar-refractivity contribution >= 4 is 11.4 Å². The van der Waals surface area contributed by atoms with E-state index in [4.69, 9.17) is 6.42 Å². The van der Waals surface area contributed by atoms with Gasteiger partial charge in [0.1, 0.15) is 12.0 Å². The number of carbonyl (C=O) groups excluding carboxylic acids is 1. The van der Waals surface area contributed by atoms with Crippen molar-refractivity contribution in [2.75, 3.05) is 19.6 Å². The van der Waals surface area contributed by atoms with E-state index in [2.05, 4.69) is 21.1 Å². The number of rotatable bonds is 2. The smallest absolute Gasteiger partial charge is 0.270 e. The lowest BCUT2D eigenvalue weighted by Crippen LogP contribution is -2.43. The van der Waals surface area contributed by atoms with Crippen LogP contribution in [0.2, 0.25) is 0 Å². The molecule has 0 radical (unpaired) electrons. The van der Waals surface area contributed by atoms with Gasteiger partial charge in [-0.25, -0.2) is 4.98 Å². The molecule has 2 aliphatic rings. The minimum Gasteiger partial charge on any atom is -0.346 e. The lowest BCUT2D eigenvalue weighted by atomic mass is 10.00. The Bertz CT molecular complexity index is 757. The lowest BCUT2D eigenvalue weighted by Gasteiger charge is -2.22. The molecule has 0 aliphatic carbocycles. The van der Waals surface area contributed by atoms with Gasteiger partial charge < -0.3 is 14.6 Å². The van der Waals surface area contributed by atoms with Crippen LogP contribution in [-0.2, 0) is 0 Å². The highest BCUT2D eigenvalue weighted by atomic mass is 16.2. The Morgan fingerprint density at radius 1 is 1.48 bits per heavy atom. The van der Waals surface area contributed by atoms with Crippen LogP contribution in [0.25, 0.3) is 5.52 Å². The molecule has 21 heavy (non-hydrogen) atoms. The van der Waals surface area contributed by atoms with Gasteiger partial charge in [-0.15, -0.1) is 6.42 Å². The van der Waals surface area contributed by atoms with Crippen molar-refractivity contribution in [2.45, 2.75) is 12.5 Å². The maximum absolute atomic E-state index is 12.4. The molecule has 1 N–H and O–H groups in total. The van der Waals surface area contributed by atoms with Crippen LogP contribution in [0, 0.1) is 18.3 Å². The number of amides is 1. The van der Waals surface area contributed by atoms with E-state index in [0.717, 1.165) is 30.7 Å². The summed E-state index contributed by atoms with van der Waals surface area (Å²) in [5.74, 6) is 3.10. The van der Waals surface area contributed by atoms with Crippen molar-refractivity contribution in [3.05, 3.63) is 35.9 Å². The van der Waals surface area contributed by atoms with Crippen molar-refractivity contribution in [1.29, 1.82) is 0 Å². The van der Waals surface area contributed by atoms with Crippen LogP contribution in [0.4, 0.5) is 0 Å². The van der Waals surface area contributed by atoms with Gasteiger partial charge >= 0.3 is 0 Å². The standard InChI is InChI=1S/C16H16N4O/c1-2-11-4-6-20-10-17-13(7-15(11)20)16(21)18-14-9-19-5-3-12(14)8-19/h1,4,6-7,10,12,14H,3,5,8-9H2,(H,18,21)/t12-,14?/m0/s1. The van der Waals surface area contributed by atoms with Crippen LogP contribution in [0.3, 0.4) is 0 Å². The average molecular weight is 280 g/mol. The summed E-state index contributed by atoms with van der Waals surface area (Å²) in [5.41, 5.74) is 2.04. The zero-order valence-electron chi connectivity index (χ0n) is 11.6. The molecule has 2 aromatic heterocycles. The molecule has 106 valence electrons. The summed E-state index contributed by atoms with van der Waals surface area (Å²) in [4.78, 5) is 19.0. The fraction of sp³-hybridized carbons (Fsp3) is 0.375. The maximum atomic E-state index is 12.4. The highest BCUT2D eigenvalue weighted by molar-refractivity contribution is 5.94. The Hall–Kier alpha value is -2.32. The molecule has 2 aliphatic heterocycles. The Kier molecular flexibility index (Phi) is 2.72. The van der Waals surface area contributed by atoms with Gasteiger partial charge in [0.25, 0.3) is 5.91 Å². The quantitative estimate of drug-likeness (QED) is 0.826. The van der Waals surface area contributed by atoms with Crippen molar-refractivity contribution in [2.24, 2.45) is 5.92 Å². The summed E-state index contributed by atoms with van der Waals surface area (Å²) in [6.07, 6.45) is 10.1. The number of nitrogens with zero attached hydrogens (tertiary/aromatic N) is 3. The average Bonchev–Trinajstić information content (AvgIpc) is 3.21. The molecule has 3 atom stereocenters. The number of aromatic nitrogens is 2. The summed E-state index contributed by atoms with van der Waals surface area (Å²) in [7, 11) is 0. The molecule has 2 fully saturated rings. The van der Waals surface area contributed by atoms with E-state index in [0.29, 0.717) is 11.6 Å². The zero-order chi connectivity index (χ0) is 14.4. The third-order valence-electron chi connectivity index (χ3n) is 4.59. The van der Waals surface area contributed by atoms with Crippen molar-refractivity contribution in [3.63, 3.8) is 0 Å². The summed E-state index contributed by atoms with van der Waals surface area (Å²) in [5, 5.41) is 3.12. The van der Waals surface area contributed by atoms with Crippen LogP contribution >= 0.6 is 0 Å². The minimum atomic E-state index is -0.111. The molecular formula is C16H16N4O. The van der Waals surface area contributed by atoms with Gasteiger partial charge in [-0.1, -0.05) is 5.92 Å². The second kappa shape index (κ2) is 4.61. The summed E-state index contributed by atoms with van der Waals surface area (Å²) >= 11 is 0. The molecule has 4 rings (SSSR count). The van der Waals surface area contributed by atoms with Crippen LogP contribution < -0.4 is 5.32 Å². The van der Waals surface area contributed by atoms with E-state index >= 15 is 0 Å². The minimum absolute atomic E-state index is 0.111. The van der Waals surface area contributed by atoms with Gasteiger partial charge in [0.2, 0.25) is 0 Å². The van der Waals surface area contributed by atoms with E-state index in [-0.39, 0.29) is 11.9 Å². The number of carbonyl (C=O) groups is 1. The first-order valence-corrected chi connectivity index (χ1v) is 7.21. The number of nitrogens with one attached hydrogen (secondary N) is 1. The normalized spacial score (nSPS) is 26.9. The van der Waals surface area contributed by atoms with Gasteiger partial charge in [0.15, 0.2) is 0 Å². The Morgan fingerprint density at radius 3 is 3.10 bits per heavy atom. The number of fused-ring (bicyclic) bond motifs is 3. The molecule has 0 aromatic carbocycles. The zero-order valence-corrected chi connectivity index (χ0v) is 11.6. The number of hydrogen-bond acceptors (Lipinski definition) is 3. The van der Waals surface area contributed by atoms with E-state index in [9.17, 15) is 4.79 Å². The molecule has 2 unspecified atom stereocenters. The van der Waals surface area contributed by atoms with Gasteiger partial charge in [-0.3, -0.25) is 4.79 Å². The molecule has 2 saturated heterocycles. The third kappa shape index (κ3) is 1.99. The monoisotopic (exact) mass is 280 g/mol. The van der Waals surface area contributed by atoms with Crippen LogP contribution in [0.5, 0.6) is 0 Å². The molecule has 4 heterocycles. The molecule has 1 amide bonds. The maximum Gasteiger partial charge on any atom is 0.270 e. The van der Waals surface area contributed by atoms with E-state index in [1.54, 1.807) is 12.4 Å². The number of hydrogen-bond donors (Lipinski definition) is 1. The highest BCUT2D eigenvalue weighted by Gasteiger charge is 2.38. The first kappa shape index (κ1) is 12.4. The van der Waals surface area contributed by atoms with E-state index < -0.39 is 0 Å². The molecule has 5 heteroatoms. The first-order valence-electron chi connectivity index (χ1n) is 7.21. The Balaban J connectivity index is 1.58. The number of piperidine rings is 1. The van der Waals surface area contributed by atoms with Crippen molar-refractivity contribution in [1.82, 2.24) is 19.6 Å². The van der Waals surface area contributed by atoms with Gasteiger partial charge in [-0.2, -0.15) is 0 Å². The molecular weight excluding hydrogens is 264 g/mol. The van der Waals surface area contributed by atoms with E-state index in [1.807, 2.05) is 16.7 Å². The molecule has 5 nitrogen and oxygen atoms in total.